The number of nitrogen functional groups attached to an aromatic ring is 1. The summed E-state index contributed by atoms with van der Waals surface area (Å²) in [6.45, 7) is 1.43. The number of anilines is 1. The SMILES string of the molecule is Cc1cc(N)cc(C(N)(C(F)F)C2CC2O)c1F. The normalized spacial score (nSPS) is 26.2. The highest BCUT2D eigenvalue weighted by Crippen LogP contribution is 2.48. The van der Waals surface area contributed by atoms with Crippen molar-refractivity contribution < 1.29 is 18.3 Å². The monoisotopic (exact) mass is 260 g/mol. The molecular formula is C12H15F3N2O. The Labute approximate surface area is 103 Å². The van der Waals surface area contributed by atoms with E-state index in [1.54, 1.807) is 0 Å². The number of aliphatic hydroxyl groups is 1. The highest BCUT2D eigenvalue weighted by atomic mass is 19.3. The minimum Gasteiger partial charge on any atom is -0.399 e. The molecule has 1 aromatic carbocycles. The summed E-state index contributed by atoms with van der Waals surface area (Å²) in [6, 6.07) is 2.48. The molecule has 0 bridgehead atoms. The van der Waals surface area contributed by atoms with Crippen LogP contribution in [0.25, 0.3) is 0 Å². The second-order valence-electron chi connectivity index (χ2n) is 4.84. The molecule has 0 aromatic heterocycles. The highest BCUT2D eigenvalue weighted by Gasteiger charge is 2.57. The molecule has 0 spiro atoms. The van der Waals surface area contributed by atoms with Crippen molar-refractivity contribution in [3.8, 4) is 0 Å². The molecular weight excluding hydrogens is 245 g/mol. The standard InChI is InChI=1S/C12H15F3N2O/c1-5-2-6(16)3-8(10(5)13)12(17,11(14)15)7-4-9(7)18/h2-3,7,9,11,18H,4,16-17H2,1H3. The van der Waals surface area contributed by atoms with Gasteiger partial charge in [0.1, 0.15) is 11.4 Å². The van der Waals surface area contributed by atoms with Crippen LogP contribution in [0.15, 0.2) is 12.1 Å². The molecule has 1 aliphatic carbocycles. The molecule has 0 saturated heterocycles. The fraction of sp³-hybridized carbons (Fsp3) is 0.500. The quantitative estimate of drug-likeness (QED) is 0.721. The van der Waals surface area contributed by atoms with Gasteiger partial charge < -0.3 is 16.6 Å². The van der Waals surface area contributed by atoms with Gasteiger partial charge in [0.25, 0.3) is 6.43 Å². The number of hydrogen-bond acceptors (Lipinski definition) is 3. The number of halogens is 3. The van der Waals surface area contributed by atoms with Crippen LogP contribution in [-0.2, 0) is 5.54 Å². The summed E-state index contributed by atoms with van der Waals surface area (Å²) in [5.41, 5.74) is 9.07. The molecule has 5 N–H and O–H groups in total. The fourth-order valence-electron chi connectivity index (χ4n) is 2.29. The molecule has 0 amide bonds. The average Bonchev–Trinajstić information content (AvgIpc) is 3.00. The van der Waals surface area contributed by atoms with Gasteiger partial charge in [0.15, 0.2) is 0 Å². The van der Waals surface area contributed by atoms with E-state index in [2.05, 4.69) is 0 Å². The van der Waals surface area contributed by atoms with Crippen molar-refractivity contribution in [3.63, 3.8) is 0 Å². The lowest BCUT2D eigenvalue weighted by Gasteiger charge is -2.30. The van der Waals surface area contributed by atoms with E-state index in [-0.39, 0.29) is 23.2 Å². The maximum atomic E-state index is 14.0. The summed E-state index contributed by atoms with van der Waals surface area (Å²) in [7, 11) is 0. The van der Waals surface area contributed by atoms with E-state index in [9.17, 15) is 18.3 Å². The zero-order valence-electron chi connectivity index (χ0n) is 9.83. The molecule has 100 valence electrons. The van der Waals surface area contributed by atoms with Gasteiger partial charge in [-0.05, 0) is 31.0 Å². The number of benzene rings is 1. The smallest absolute Gasteiger partial charge is 0.260 e. The van der Waals surface area contributed by atoms with Crippen molar-refractivity contribution in [1.82, 2.24) is 0 Å². The summed E-state index contributed by atoms with van der Waals surface area (Å²) < 4.78 is 40.5. The van der Waals surface area contributed by atoms with Crippen LogP contribution in [0.5, 0.6) is 0 Å². The van der Waals surface area contributed by atoms with E-state index in [0.717, 1.165) is 6.07 Å². The predicted octanol–water partition coefficient (Wildman–Crippen LogP) is 1.52. The van der Waals surface area contributed by atoms with Gasteiger partial charge in [0, 0.05) is 17.2 Å². The lowest BCUT2D eigenvalue weighted by atomic mass is 9.84. The Morgan fingerprint density at radius 2 is 2.00 bits per heavy atom. The Kier molecular flexibility index (Phi) is 3.03. The van der Waals surface area contributed by atoms with Crippen LogP contribution in [-0.4, -0.2) is 17.6 Å². The predicted molar refractivity (Wildman–Crippen MR) is 61.5 cm³/mol. The van der Waals surface area contributed by atoms with Crippen molar-refractivity contribution in [1.29, 1.82) is 0 Å². The third-order valence-corrected chi connectivity index (χ3v) is 3.47. The maximum Gasteiger partial charge on any atom is 0.260 e. The lowest BCUT2D eigenvalue weighted by Crippen LogP contribution is -2.48. The highest BCUT2D eigenvalue weighted by molar-refractivity contribution is 5.48. The second-order valence-corrected chi connectivity index (χ2v) is 4.84. The zero-order valence-corrected chi connectivity index (χ0v) is 9.83. The van der Waals surface area contributed by atoms with Gasteiger partial charge in [-0.3, -0.25) is 0 Å². The first kappa shape index (κ1) is 13.2. The van der Waals surface area contributed by atoms with Gasteiger partial charge in [-0.15, -0.1) is 0 Å². The van der Waals surface area contributed by atoms with Crippen molar-refractivity contribution in [2.45, 2.75) is 31.4 Å². The van der Waals surface area contributed by atoms with Gasteiger partial charge in [0.2, 0.25) is 0 Å². The Bertz CT molecular complexity index is 481. The second kappa shape index (κ2) is 4.13. The van der Waals surface area contributed by atoms with Crippen LogP contribution < -0.4 is 11.5 Å². The maximum absolute atomic E-state index is 14.0. The molecule has 1 aliphatic rings. The number of hydrogen-bond donors (Lipinski definition) is 3. The summed E-state index contributed by atoms with van der Waals surface area (Å²) in [5.74, 6) is -1.63. The van der Waals surface area contributed by atoms with E-state index >= 15 is 0 Å². The third kappa shape index (κ3) is 1.85. The van der Waals surface area contributed by atoms with E-state index in [1.807, 2.05) is 0 Å². The Balaban J connectivity index is 2.56. The van der Waals surface area contributed by atoms with Gasteiger partial charge in [-0.2, -0.15) is 0 Å². The van der Waals surface area contributed by atoms with Gasteiger partial charge in [-0.25, -0.2) is 13.2 Å². The molecule has 1 saturated carbocycles. The summed E-state index contributed by atoms with van der Waals surface area (Å²) in [6.07, 6.45) is -3.74. The third-order valence-electron chi connectivity index (χ3n) is 3.47. The van der Waals surface area contributed by atoms with Gasteiger partial charge >= 0.3 is 0 Å². The van der Waals surface area contributed by atoms with E-state index in [0.29, 0.717) is 0 Å². The molecule has 0 aliphatic heterocycles. The van der Waals surface area contributed by atoms with Crippen molar-refractivity contribution >= 4 is 5.69 Å². The molecule has 3 unspecified atom stereocenters. The lowest BCUT2D eigenvalue weighted by molar-refractivity contribution is 0.0261. The fourth-order valence-corrected chi connectivity index (χ4v) is 2.29. The van der Waals surface area contributed by atoms with Gasteiger partial charge in [-0.1, -0.05) is 0 Å². The summed E-state index contributed by atoms with van der Waals surface area (Å²) in [5, 5.41) is 9.33. The van der Waals surface area contributed by atoms with E-state index < -0.39 is 29.8 Å². The number of nitrogens with two attached hydrogens (primary N) is 2. The minimum absolute atomic E-state index is 0.147. The first-order chi connectivity index (χ1) is 8.28. The van der Waals surface area contributed by atoms with Crippen molar-refractivity contribution in [3.05, 3.63) is 29.1 Å². The molecule has 6 heteroatoms. The van der Waals surface area contributed by atoms with E-state index in [1.165, 1.54) is 13.0 Å². The molecule has 18 heavy (non-hydrogen) atoms. The molecule has 3 atom stereocenters. The Morgan fingerprint density at radius 3 is 2.44 bits per heavy atom. The number of aliphatic hydroxyl groups excluding tert-OH is 1. The van der Waals surface area contributed by atoms with Crippen LogP contribution in [0, 0.1) is 18.7 Å². The molecule has 2 rings (SSSR count). The number of alkyl halides is 2. The molecule has 0 heterocycles. The summed E-state index contributed by atoms with van der Waals surface area (Å²) in [4.78, 5) is 0. The molecule has 0 radical (unpaired) electrons. The number of rotatable bonds is 3. The number of aryl methyl sites for hydroxylation is 1. The minimum atomic E-state index is -2.98. The average molecular weight is 260 g/mol. The van der Waals surface area contributed by atoms with Crippen LogP contribution in [0.4, 0.5) is 18.9 Å². The summed E-state index contributed by atoms with van der Waals surface area (Å²) >= 11 is 0. The molecule has 1 aromatic rings. The first-order valence-corrected chi connectivity index (χ1v) is 5.59. The van der Waals surface area contributed by atoms with Crippen molar-refractivity contribution in [2.75, 3.05) is 5.73 Å². The van der Waals surface area contributed by atoms with Crippen molar-refractivity contribution in [2.24, 2.45) is 11.7 Å². The van der Waals surface area contributed by atoms with Crippen LogP contribution in [0.1, 0.15) is 17.5 Å². The largest absolute Gasteiger partial charge is 0.399 e. The molecule has 3 nitrogen and oxygen atoms in total. The van der Waals surface area contributed by atoms with Crippen LogP contribution in [0.3, 0.4) is 0 Å². The van der Waals surface area contributed by atoms with Gasteiger partial charge in [0.05, 0.1) is 6.10 Å². The zero-order chi connectivity index (χ0) is 13.7. The Hall–Kier alpha value is -1.27. The first-order valence-electron chi connectivity index (χ1n) is 5.59. The van der Waals surface area contributed by atoms with E-state index in [4.69, 9.17) is 11.5 Å². The van der Waals surface area contributed by atoms with Crippen LogP contribution in [0.2, 0.25) is 0 Å². The van der Waals surface area contributed by atoms with Crippen LogP contribution >= 0.6 is 0 Å². The Morgan fingerprint density at radius 1 is 1.44 bits per heavy atom. The molecule has 1 fully saturated rings. The topological polar surface area (TPSA) is 72.3 Å².